The van der Waals surface area contributed by atoms with Crippen LogP contribution in [-0.2, 0) is 4.79 Å². The van der Waals surface area contributed by atoms with Gasteiger partial charge in [0.2, 0.25) is 5.91 Å². The molecule has 1 aromatic heterocycles. The average molecular weight is 301 g/mol. The van der Waals surface area contributed by atoms with E-state index < -0.39 is 0 Å². The van der Waals surface area contributed by atoms with Gasteiger partial charge in [-0.1, -0.05) is 0 Å². The first kappa shape index (κ1) is 15.7. The van der Waals surface area contributed by atoms with E-state index in [0.29, 0.717) is 18.7 Å². The van der Waals surface area contributed by atoms with Crippen LogP contribution in [0, 0.1) is 0 Å². The van der Waals surface area contributed by atoms with Crippen LogP contribution in [0.4, 0.5) is 0 Å². The molecule has 7 nitrogen and oxygen atoms in total. The summed E-state index contributed by atoms with van der Waals surface area (Å²) in [6, 6.07) is 7.03. The molecule has 1 heterocycles. The second kappa shape index (κ2) is 7.35. The summed E-state index contributed by atoms with van der Waals surface area (Å²) in [6.45, 7) is 4.78. The van der Waals surface area contributed by atoms with Gasteiger partial charge in [0.05, 0.1) is 12.2 Å². The summed E-state index contributed by atoms with van der Waals surface area (Å²) in [7, 11) is 0. The third-order valence-electron chi connectivity index (χ3n) is 3.17. The van der Waals surface area contributed by atoms with E-state index in [1.54, 1.807) is 35.3 Å². The number of nitrogens with zero attached hydrogens (tertiary/aromatic N) is 4. The van der Waals surface area contributed by atoms with Crippen LogP contribution in [0.15, 0.2) is 36.9 Å². The number of rotatable bonds is 6. The molecule has 2 rings (SSSR count). The Kier molecular flexibility index (Phi) is 5.24. The number of carbonyl (C=O) groups excluding carboxylic acids is 2. The van der Waals surface area contributed by atoms with Gasteiger partial charge >= 0.3 is 0 Å². The third kappa shape index (κ3) is 3.69. The molecule has 0 bridgehead atoms. The van der Waals surface area contributed by atoms with E-state index in [2.05, 4.69) is 15.4 Å². The van der Waals surface area contributed by atoms with Crippen molar-refractivity contribution in [3.05, 3.63) is 42.5 Å². The van der Waals surface area contributed by atoms with E-state index in [1.807, 2.05) is 13.8 Å². The molecule has 1 N–H and O–H groups in total. The fourth-order valence-electron chi connectivity index (χ4n) is 2.03. The topological polar surface area (TPSA) is 80.1 Å². The predicted octanol–water partition coefficient (Wildman–Crippen LogP) is 0.865. The van der Waals surface area contributed by atoms with E-state index in [4.69, 9.17) is 0 Å². The fourth-order valence-corrected chi connectivity index (χ4v) is 2.03. The molecule has 0 aliphatic carbocycles. The normalized spacial score (nSPS) is 10.3. The lowest BCUT2D eigenvalue weighted by Gasteiger charge is -2.20. The summed E-state index contributed by atoms with van der Waals surface area (Å²) in [4.78, 5) is 29.4. The molecule has 7 heteroatoms. The first-order valence-corrected chi connectivity index (χ1v) is 7.16. The molecule has 116 valence electrons. The van der Waals surface area contributed by atoms with Crippen molar-refractivity contribution >= 4 is 11.8 Å². The molecule has 0 fully saturated rings. The zero-order chi connectivity index (χ0) is 15.9. The van der Waals surface area contributed by atoms with Crippen LogP contribution in [-0.4, -0.2) is 51.1 Å². The molecule has 0 atom stereocenters. The first-order chi connectivity index (χ1) is 10.7. The minimum absolute atomic E-state index is 0.0635. The highest BCUT2D eigenvalue weighted by molar-refractivity contribution is 5.96. The number of likely N-dealkylation sites (N-methyl/N-ethyl adjacent to an activating group) is 2. The molecular formula is C15H19N5O2. The van der Waals surface area contributed by atoms with Gasteiger partial charge in [-0.3, -0.25) is 9.59 Å². The molecule has 1 aromatic carbocycles. The van der Waals surface area contributed by atoms with Crippen molar-refractivity contribution in [1.29, 1.82) is 0 Å². The fraction of sp³-hybridized carbons (Fsp3) is 0.333. The summed E-state index contributed by atoms with van der Waals surface area (Å²) in [6.07, 6.45) is 3.04. The molecule has 0 unspecified atom stereocenters. The van der Waals surface area contributed by atoms with Crippen molar-refractivity contribution in [2.45, 2.75) is 13.8 Å². The molecule has 0 radical (unpaired) electrons. The van der Waals surface area contributed by atoms with E-state index in [1.165, 1.54) is 11.2 Å². The molecule has 2 amide bonds. The van der Waals surface area contributed by atoms with Crippen LogP contribution in [0.2, 0.25) is 0 Å². The number of nitrogens with one attached hydrogen (secondary N) is 1. The molecule has 0 aliphatic heterocycles. The van der Waals surface area contributed by atoms with E-state index >= 15 is 0 Å². The Balaban J connectivity index is 2.09. The molecular weight excluding hydrogens is 282 g/mol. The van der Waals surface area contributed by atoms with Crippen LogP contribution in [0.5, 0.6) is 0 Å². The Morgan fingerprint density at radius 1 is 1.23 bits per heavy atom. The van der Waals surface area contributed by atoms with Crippen LogP contribution in [0.1, 0.15) is 24.2 Å². The highest BCUT2D eigenvalue weighted by atomic mass is 16.2. The molecule has 0 aliphatic rings. The van der Waals surface area contributed by atoms with E-state index in [-0.39, 0.29) is 18.4 Å². The van der Waals surface area contributed by atoms with Crippen molar-refractivity contribution in [3.8, 4) is 5.69 Å². The maximum Gasteiger partial charge on any atom is 0.254 e. The second-order valence-corrected chi connectivity index (χ2v) is 4.66. The standard InChI is InChI=1S/C15H19N5O2/c1-3-17-14(21)9-19(4-2)15(22)12-5-7-13(8-6-12)20-11-16-10-18-20/h5-8,10-11H,3-4,9H2,1-2H3,(H,17,21). The lowest BCUT2D eigenvalue weighted by atomic mass is 10.2. The predicted molar refractivity (Wildman–Crippen MR) is 81.6 cm³/mol. The average Bonchev–Trinajstić information content (AvgIpc) is 3.07. The summed E-state index contributed by atoms with van der Waals surface area (Å²) in [5, 5.41) is 6.72. The highest BCUT2D eigenvalue weighted by Gasteiger charge is 2.17. The summed E-state index contributed by atoms with van der Waals surface area (Å²) >= 11 is 0. The van der Waals surface area contributed by atoms with Gasteiger partial charge in [0.25, 0.3) is 5.91 Å². The monoisotopic (exact) mass is 301 g/mol. The van der Waals surface area contributed by atoms with Gasteiger partial charge in [-0.05, 0) is 38.1 Å². The number of carbonyl (C=O) groups is 2. The minimum Gasteiger partial charge on any atom is -0.355 e. The lowest BCUT2D eigenvalue weighted by Crippen LogP contribution is -2.40. The summed E-state index contributed by atoms with van der Waals surface area (Å²) in [5.74, 6) is -0.323. The van der Waals surface area contributed by atoms with Crippen molar-refractivity contribution in [3.63, 3.8) is 0 Å². The van der Waals surface area contributed by atoms with Crippen molar-refractivity contribution in [1.82, 2.24) is 25.0 Å². The summed E-state index contributed by atoms with van der Waals surface area (Å²) < 4.78 is 1.61. The van der Waals surface area contributed by atoms with Crippen molar-refractivity contribution < 1.29 is 9.59 Å². The van der Waals surface area contributed by atoms with Crippen LogP contribution >= 0.6 is 0 Å². The number of hydrogen-bond acceptors (Lipinski definition) is 4. The van der Waals surface area contributed by atoms with Gasteiger partial charge in [0, 0.05) is 18.7 Å². The largest absolute Gasteiger partial charge is 0.355 e. The molecule has 0 spiro atoms. The van der Waals surface area contributed by atoms with E-state index in [9.17, 15) is 9.59 Å². The molecule has 22 heavy (non-hydrogen) atoms. The molecule has 0 saturated carbocycles. The van der Waals surface area contributed by atoms with Gasteiger partial charge in [-0.2, -0.15) is 5.10 Å². The van der Waals surface area contributed by atoms with E-state index in [0.717, 1.165) is 5.69 Å². The Labute approximate surface area is 129 Å². The van der Waals surface area contributed by atoms with Crippen LogP contribution < -0.4 is 5.32 Å². The third-order valence-corrected chi connectivity index (χ3v) is 3.17. The Bertz CT molecular complexity index is 622. The number of benzene rings is 1. The zero-order valence-electron chi connectivity index (χ0n) is 12.7. The number of amides is 2. The number of hydrogen-bond donors (Lipinski definition) is 1. The highest BCUT2D eigenvalue weighted by Crippen LogP contribution is 2.10. The maximum absolute atomic E-state index is 12.4. The maximum atomic E-state index is 12.4. The Morgan fingerprint density at radius 2 is 1.95 bits per heavy atom. The first-order valence-electron chi connectivity index (χ1n) is 7.16. The minimum atomic E-state index is -0.168. The number of aromatic nitrogens is 3. The SMILES string of the molecule is CCNC(=O)CN(CC)C(=O)c1ccc(-n2cncn2)cc1. The summed E-state index contributed by atoms with van der Waals surface area (Å²) in [5.41, 5.74) is 1.36. The van der Waals surface area contributed by atoms with Gasteiger partial charge in [-0.25, -0.2) is 9.67 Å². The van der Waals surface area contributed by atoms with Gasteiger partial charge in [0.1, 0.15) is 12.7 Å². The molecule has 2 aromatic rings. The second-order valence-electron chi connectivity index (χ2n) is 4.66. The molecule has 0 saturated heterocycles. The zero-order valence-corrected chi connectivity index (χ0v) is 12.7. The van der Waals surface area contributed by atoms with Gasteiger partial charge in [-0.15, -0.1) is 0 Å². The lowest BCUT2D eigenvalue weighted by molar-refractivity contribution is -0.121. The van der Waals surface area contributed by atoms with Crippen LogP contribution in [0.25, 0.3) is 5.69 Å². The van der Waals surface area contributed by atoms with Crippen molar-refractivity contribution in [2.24, 2.45) is 0 Å². The Hall–Kier alpha value is -2.70. The van der Waals surface area contributed by atoms with Gasteiger partial charge in [0.15, 0.2) is 0 Å². The van der Waals surface area contributed by atoms with Gasteiger partial charge < -0.3 is 10.2 Å². The smallest absolute Gasteiger partial charge is 0.254 e. The quantitative estimate of drug-likeness (QED) is 0.858. The van der Waals surface area contributed by atoms with Crippen molar-refractivity contribution in [2.75, 3.05) is 19.6 Å². The van der Waals surface area contributed by atoms with Crippen LogP contribution in [0.3, 0.4) is 0 Å². The Morgan fingerprint density at radius 3 is 2.50 bits per heavy atom.